The molecule has 0 N–H and O–H groups in total. The highest BCUT2D eigenvalue weighted by Gasteiger charge is 2.42. The summed E-state index contributed by atoms with van der Waals surface area (Å²) >= 11 is 6.04. The Morgan fingerprint density at radius 2 is 1.89 bits per heavy atom. The second kappa shape index (κ2) is 10.9. The van der Waals surface area contributed by atoms with Crippen LogP contribution >= 0.6 is 11.6 Å². The highest BCUT2D eigenvalue weighted by molar-refractivity contribution is 6.32. The first kappa shape index (κ1) is 26.9. The molecule has 0 saturated carbocycles. The van der Waals surface area contributed by atoms with Gasteiger partial charge in [0.05, 0.1) is 6.61 Å². The van der Waals surface area contributed by atoms with Gasteiger partial charge in [-0.15, -0.1) is 0 Å². The zero-order valence-corrected chi connectivity index (χ0v) is 19.7. The van der Waals surface area contributed by atoms with Crippen LogP contribution in [0.2, 0.25) is 5.02 Å². The molecule has 2 heterocycles. The molecule has 2 aromatic rings. The Morgan fingerprint density at radius 3 is 2.53 bits per heavy atom. The maximum Gasteiger partial charge on any atom is 0.412 e. The molecule has 1 aliphatic rings. The standard InChI is InChI=1S/C23H19ClF4N2O6/c1-3-34-19(32)11-35-16-6-4-5-7-17(16)36-21-14(24)10-15(25)20(29-21)30-18(31)9-13(23(26,27)28)8-12(2)22(30)33/h4-7,9-10,12H,3,8,11H2,1-2H3. The van der Waals surface area contributed by atoms with Crippen molar-refractivity contribution in [2.24, 2.45) is 5.92 Å². The lowest BCUT2D eigenvalue weighted by molar-refractivity contribution is -0.145. The van der Waals surface area contributed by atoms with Crippen LogP contribution in [-0.4, -0.2) is 42.2 Å². The second-order valence-corrected chi connectivity index (χ2v) is 7.91. The van der Waals surface area contributed by atoms with Gasteiger partial charge in [-0.2, -0.15) is 18.2 Å². The first-order valence-corrected chi connectivity index (χ1v) is 10.9. The van der Waals surface area contributed by atoms with Gasteiger partial charge in [0.15, 0.2) is 29.7 Å². The van der Waals surface area contributed by atoms with Crippen molar-refractivity contribution in [3.05, 3.63) is 52.8 Å². The number of benzene rings is 1. The van der Waals surface area contributed by atoms with Crippen molar-refractivity contribution in [3.63, 3.8) is 0 Å². The molecule has 36 heavy (non-hydrogen) atoms. The highest BCUT2D eigenvalue weighted by atomic mass is 35.5. The maximum absolute atomic E-state index is 14.8. The van der Waals surface area contributed by atoms with Crippen LogP contribution in [0.15, 0.2) is 42.0 Å². The molecule has 0 aliphatic carbocycles. The number of aromatic nitrogens is 1. The molecule has 1 aromatic carbocycles. The van der Waals surface area contributed by atoms with Crippen molar-refractivity contribution in [1.82, 2.24) is 4.98 Å². The SMILES string of the molecule is CCOC(=O)COc1ccccc1Oc1nc(N2C(=O)C=C(C(F)(F)F)CC(C)C2=O)c(F)cc1Cl. The summed E-state index contributed by atoms with van der Waals surface area (Å²) in [5, 5.41) is -0.370. The van der Waals surface area contributed by atoms with Crippen LogP contribution in [0, 0.1) is 11.7 Å². The third-order valence-corrected chi connectivity index (χ3v) is 5.12. The molecule has 0 saturated heterocycles. The van der Waals surface area contributed by atoms with Gasteiger partial charge in [0.2, 0.25) is 11.8 Å². The molecule has 1 atom stereocenters. The quantitative estimate of drug-likeness (QED) is 0.282. The Hall–Kier alpha value is -3.67. The number of halogens is 5. The van der Waals surface area contributed by atoms with Crippen LogP contribution in [-0.2, 0) is 19.1 Å². The number of nitrogens with zero attached hydrogens (tertiary/aromatic N) is 2. The Bertz CT molecular complexity index is 1220. The topological polar surface area (TPSA) is 95.0 Å². The molecule has 192 valence electrons. The predicted octanol–water partition coefficient (Wildman–Crippen LogP) is 5.00. The monoisotopic (exact) mass is 530 g/mol. The van der Waals surface area contributed by atoms with Crippen molar-refractivity contribution in [3.8, 4) is 17.4 Å². The van der Waals surface area contributed by atoms with Gasteiger partial charge in [0.25, 0.3) is 5.91 Å². The summed E-state index contributed by atoms with van der Waals surface area (Å²) < 4.78 is 70.2. The molecule has 1 unspecified atom stereocenters. The van der Waals surface area contributed by atoms with Gasteiger partial charge in [-0.3, -0.25) is 9.59 Å². The van der Waals surface area contributed by atoms with E-state index in [1.54, 1.807) is 13.0 Å². The van der Waals surface area contributed by atoms with Crippen LogP contribution in [0.3, 0.4) is 0 Å². The van der Waals surface area contributed by atoms with Crippen molar-refractivity contribution < 1.29 is 46.2 Å². The zero-order chi connectivity index (χ0) is 26.6. The first-order valence-electron chi connectivity index (χ1n) is 10.5. The number of allylic oxidation sites excluding steroid dienone is 1. The number of para-hydroxylation sites is 2. The minimum Gasteiger partial charge on any atom is -0.478 e. The predicted molar refractivity (Wildman–Crippen MR) is 118 cm³/mol. The minimum absolute atomic E-state index is 0.0186. The lowest BCUT2D eigenvalue weighted by Crippen LogP contribution is -2.39. The molecule has 13 heteroatoms. The van der Waals surface area contributed by atoms with E-state index in [-0.39, 0.29) is 34.1 Å². The number of ether oxygens (including phenoxy) is 3. The normalized spacial score (nSPS) is 16.4. The molecule has 0 radical (unpaired) electrons. The van der Waals surface area contributed by atoms with Crippen molar-refractivity contribution in [2.45, 2.75) is 26.4 Å². The summed E-state index contributed by atoms with van der Waals surface area (Å²) in [5.41, 5.74) is -1.23. The van der Waals surface area contributed by atoms with E-state index in [9.17, 15) is 31.9 Å². The third-order valence-electron chi connectivity index (χ3n) is 4.85. The van der Waals surface area contributed by atoms with E-state index in [4.69, 9.17) is 25.8 Å². The van der Waals surface area contributed by atoms with Gasteiger partial charge in [-0.1, -0.05) is 30.7 Å². The smallest absolute Gasteiger partial charge is 0.412 e. The zero-order valence-electron chi connectivity index (χ0n) is 18.9. The Kier molecular flexibility index (Phi) is 8.18. The highest BCUT2D eigenvalue weighted by Crippen LogP contribution is 2.38. The summed E-state index contributed by atoms with van der Waals surface area (Å²) in [6, 6.07) is 6.66. The molecular weight excluding hydrogens is 512 g/mol. The average molecular weight is 531 g/mol. The Balaban J connectivity index is 1.97. The number of anilines is 1. The molecule has 0 fully saturated rings. The van der Waals surface area contributed by atoms with Crippen molar-refractivity contribution in [1.29, 1.82) is 0 Å². The summed E-state index contributed by atoms with van der Waals surface area (Å²) in [6.45, 7) is 2.49. The van der Waals surface area contributed by atoms with E-state index >= 15 is 0 Å². The van der Waals surface area contributed by atoms with Gasteiger partial charge < -0.3 is 14.2 Å². The molecule has 0 bridgehead atoms. The summed E-state index contributed by atoms with van der Waals surface area (Å²) in [7, 11) is 0. The molecule has 8 nitrogen and oxygen atoms in total. The average Bonchev–Trinajstić information content (AvgIpc) is 2.91. The van der Waals surface area contributed by atoms with E-state index in [1.807, 2.05) is 0 Å². The van der Waals surface area contributed by atoms with Crippen LogP contribution in [0.1, 0.15) is 20.3 Å². The van der Waals surface area contributed by atoms with Gasteiger partial charge in [0.1, 0.15) is 5.02 Å². The molecular formula is C23H19ClF4N2O6. The number of amides is 2. The number of esters is 1. The van der Waals surface area contributed by atoms with Crippen LogP contribution in [0.5, 0.6) is 17.4 Å². The molecule has 2 amide bonds. The van der Waals surface area contributed by atoms with Gasteiger partial charge in [-0.05, 0) is 25.5 Å². The largest absolute Gasteiger partial charge is 0.478 e. The van der Waals surface area contributed by atoms with Crippen LogP contribution in [0.25, 0.3) is 0 Å². The number of hydrogen-bond acceptors (Lipinski definition) is 7. The van der Waals surface area contributed by atoms with Gasteiger partial charge in [-0.25, -0.2) is 14.1 Å². The first-order chi connectivity index (χ1) is 16.9. The summed E-state index contributed by atoms with van der Waals surface area (Å²) in [4.78, 5) is 40.9. The number of imide groups is 1. The lowest BCUT2D eigenvalue weighted by atomic mass is 10.0. The Morgan fingerprint density at radius 1 is 1.22 bits per heavy atom. The Labute approximate surface area is 207 Å². The van der Waals surface area contributed by atoms with Gasteiger partial charge >= 0.3 is 12.1 Å². The fourth-order valence-electron chi connectivity index (χ4n) is 3.19. The van der Waals surface area contributed by atoms with Crippen molar-refractivity contribution in [2.75, 3.05) is 18.1 Å². The van der Waals surface area contributed by atoms with Crippen molar-refractivity contribution >= 4 is 35.2 Å². The lowest BCUT2D eigenvalue weighted by Gasteiger charge is -2.21. The summed E-state index contributed by atoms with van der Waals surface area (Å²) in [5.74, 6) is -7.02. The minimum atomic E-state index is -4.85. The van der Waals surface area contributed by atoms with Crippen LogP contribution in [0.4, 0.5) is 23.4 Å². The van der Waals surface area contributed by atoms with Crippen LogP contribution < -0.4 is 14.4 Å². The molecule has 1 aromatic heterocycles. The maximum atomic E-state index is 14.8. The fourth-order valence-corrected chi connectivity index (χ4v) is 3.37. The third kappa shape index (κ3) is 6.11. The number of carbonyl (C=O) groups excluding carboxylic acids is 3. The fraction of sp³-hybridized carbons (Fsp3) is 0.304. The van der Waals surface area contributed by atoms with E-state index in [2.05, 4.69) is 4.98 Å². The van der Waals surface area contributed by atoms with E-state index in [0.717, 1.165) is 0 Å². The number of carbonyl (C=O) groups is 3. The number of alkyl halides is 3. The van der Waals surface area contributed by atoms with E-state index in [1.165, 1.54) is 25.1 Å². The van der Waals surface area contributed by atoms with Gasteiger partial charge in [0, 0.05) is 23.6 Å². The molecule has 3 rings (SSSR count). The molecule has 0 spiro atoms. The molecule has 1 aliphatic heterocycles. The number of rotatable bonds is 7. The second-order valence-electron chi connectivity index (χ2n) is 7.51. The summed E-state index contributed by atoms with van der Waals surface area (Å²) in [6.07, 6.45) is -5.39. The number of pyridine rings is 1. The van der Waals surface area contributed by atoms with E-state index < -0.39 is 66.0 Å². The number of hydrogen-bond donors (Lipinski definition) is 0. The van der Waals surface area contributed by atoms with E-state index in [0.29, 0.717) is 6.07 Å².